The van der Waals surface area contributed by atoms with Gasteiger partial charge in [-0.1, -0.05) is 11.6 Å². The van der Waals surface area contributed by atoms with Gasteiger partial charge in [0.25, 0.3) is 0 Å². The number of halogens is 2. The second-order valence-electron chi connectivity index (χ2n) is 4.54. The molecular weight excluding hydrogens is 297 g/mol. The quantitative estimate of drug-likeness (QED) is 0.796. The van der Waals surface area contributed by atoms with Crippen LogP contribution < -0.4 is 5.32 Å². The van der Waals surface area contributed by atoms with Crippen LogP contribution in [-0.4, -0.2) is 16.4 Å². The standard InChI is InChI=1S/C14H13ClFN3S/c1-17-13(11-6-9(15)2-3-12(11)16)7-10-8-19-4-5-20-14(19)18-10/h2-6,8,13,17H,7H2,1H3. The number of likely N-dealkylation sites (N-methyl/N-ethyl adjacent to an activating group) is 1. The average Bonchev–Trinajstić information content (AvgIpc) is 3.00. The molecule has 0 saturated carbocycles. The van der Waals surface area contributed by atoms with Crippen molar-refractivity contribution in [1.82, 2.24) is 14.7 Å². The van der Waals surface area contributed by atoms with Gasteiger partial charge in [0.05, 0.1) is 5.69 Å². The highest BCUT2D eigenvalue weighted by molar-refractivity contribution is 7.15. The van der Waals surface area contributed by atoms with Gasteiger partial charge in [-0.3, -0.25) is 4.40 Å². The van der Waals surface area contributed by atoms with Gasteiger partial charge in [-0.25, -0.2) is 9.37 Å². The van der Waals surface area contributed by atoms with Gasteiger partial charge in [0.2, 0.25) is 0 Å². The van der Waals surface area contributed by atoms with Crippen molar-refractivity contribution in [3.63, 3.8) is 0 Å². The molecule has 0 saturated heterocycles. The van der Waals surface area contributed by atoms with Crippen LogP contribution in [0.2, 0.25) is 5.02 Å². The molecule has 0 aliphatic carbocycles. The lowest BCUT2D eigenvalue weighted by atomic mass is 10.0. The van der Waals surface area contributed by atoms with Crippen LogP contribution in [0.3, 0.4) is 0 Å². The highest BCUT2D eigenvalue weighted by atomic mass is 35.5. The Hall–Kier alpha value is -1.43. The molecule has 2 heterocycles. The minimum Gasteiger partial charge on any atom is -0.313 e. The Labute approximate surface area is 125 Å². The van der Waals surface area contributed by atoms with E-state index in [9.17, 15) is 4.39 Å². The van der Waals surface area contributed by atoms with Crippen molar-refractivity contribution in [1.29, 1.82) is 0 Å². The molecule has 0 radical (unpaired) electrons. The molecule has 1 atom stereocenters. The first-order valence-electron chi connectivity index (χ1n) is 6.20. The number of hydrogen-bond acceptors (Lipinski definition) is 3. The number of aromatic nitrogens is 2. The minimum absolute atomic E-state index is 0.154. The largest absolute Gasteiger partial charge is 0.313 e. The monoisotopic (exact) mass is 309 g/mol. The summed E-state index contributed by atoms with van der Waals surface area (Å²) in [5.74, 6) is -0.255. The summed E-state index contributed by atoms with van der Waals surface area (Å²) in [7, 11) is 1.81. The predicted octanol–water partition coefficient (Wildman–Crippen LogP) is 3.69. The summed E-state index contributed by atoms with van der Waals surface area (Å²) < 4.78 is 15.9. The van der Waals surface area contributed by atoms with E-state index < -0.39 is 0 Å². The van der Waals surface area contributed by atoms with Crippen molar-refractivity contribution >= 4 is 27.9 Å². The molecule has 0 spiro atoms. The van der Waals surface area contributed by atoms with Crippen molar-refractivity contribution in [2.24, 2.45) is 0 Å². The first-order chi connectivity index (χ1) is 9.67. The van der Waals surface area contributed by atoms with Crippen LogP contribution in [0, 0.1) is 5.82 Å². The Morgan fingerprint density at radius 3 is 3.10 bits per heavy atom. The lowest BCUT2D eigenvalue weighted by Crippen LogP contribution is -2.20. The summed E-state index contributed by atoms with van der Waals surface area (Å²) in [5.41, 5.74) is 1.49. The second kappa shape index (κ2) is 5.52. The van der Waals surface area contributed by atoms with Gasteiger partial charge in [0.15, 0.2) is 4.96 Å². The minimum atomic E-state index is -0.255. The number of benzene rings is 1. The fraction of sp³-hybridized carbons (Fsp3) is 0.214. The molecular formula is C14H13ClFN3S. The summed E-state index contributed by atoms with van der Waals surface area (Å²) in [4.78, 5) is 5.47. The molecule has 1 N–H and O–H groups in total. The predicted molar refractivity (Wildman–Crippen MR) is 80.0 cm³/mol. The molecule has 1 unspecified atom stereocenters. The summed E-state index contributed by atoms with van der Waals surface area (Å²) in [6.45, 7) is 0. The molecule has 2 aromatic heterocycles. The van der Waals surface area contributed by atoms with Gasteiger partial charge < -0.3 is 5.32 Å². The van der Waals surface area contributed by atoms with Gasteiger partial charge in [0.1, 0.15) is 5.82 Å². The van der Waals surface area contributed by atoms with E-state index in [1.165, 1.54) is 6.07 Å². The lowest BCUT2D eigenvalue weighted by molar-refractivity contribution is 0.531. The Balaban J connectivity index is 1.89. The van der Waals surface area contributed by atoms with Crippen molar-refractivity contribution in [3.8, 4) is 0 Å². The fourth-order valence-electron chi connectivity index (χ4n) is 2.23. The van der Waals surface area contributed by atoms with E-state index in [2.05, 4.69) is 10.3 Å². The average molecular weight is 310 g/mol. The molecule has 1 aromatic carbocycles. The third-order valence-corrected chi connectivity index (χ3v) is 4.24. The van der Waals surface area contributed by atoms with E-state index in [1.54, 1.807) is 23.5 Å². The third-order valence-electron chi connectivity index (χ3n) is 3.24. The smallest absolute Gasteiger partial charge is 0.193 e. The van der Waals surface area contributed by atoms with Crippen molar-refractivity contribution < 1.29 is 4.39 Å². The highest BCUT2D eigenvalue weighted by Gasteiger charge is 2.17. The maximum absolute atomic E-state index is 13.9. The van der Waals surface area contributed by atoms with Crippen molar-refractivity contribution in [2.45, 2.75) is 12.5 Å². The molecule has 3 aromatic rings. The van der Waals surface area contributed by atoms with Gasteiger partial charge >= 0.3 is 0 Å². The first-order valence-corrected chi connectivity index (χ1v) is 7.46. The van der Waals surface area contributed by atoms with Crippen molar-refractivity contribution in [3.05, 3.63) is 58.1 Å². The van der Waals surface area contributed by atoms with E-state index in [1.807, 2.05) is 29.2 Å². The second-order valence-corrected chi connectivity index (χ2v) is 5.85. The van der Waals surface area contributed by atoms with Crippen LogP contribution in [0.25, 0.3) is 4.96 Å². The van der Waals surface area contributed by atoms with E-state index in [0.29, 0.717) is 17.0 Å². The molecule has 0 amide bonds. The number of thiazole rings is 1. The maximum atomic E-state index is 13.9. The summed E-state index contributed by atoms with van der Waals surface area (Å²) in [6.07, 6.45) is 4.55. The van der Waals surface area contributed by atoms with Crippen molar-refractivity contribution in [2.75, 3.05) is 7.05 Å². The lowest BCUT2D eigenvalue weighted by Gasteiger charge is -2.16. The van der Waals surface area contributed by atoms with E-state index in [0.717, 1.165) is 10.7 Å². The number of nitrogens with zero attached hydrogens (tertiary/aromatic N) is 2. The Kier molecular flexibility index (Phi) is 3.74. The number of hydrogen-bond donors (Lipinski definition) is 1. The van der Waals surface area contributed by atoms with Gasteiger partial charge in [0, 0.05) is 40.8 Å². The van der Waals surface area contributed by atoms with Gasteiger partial charge in [-0.2, -0.15) is 0 Å². The van der Waals surface area contributed by atoms with Gasteiger partial charge in [-0.05, 0) is 25.2 Å². The van der Waals surface area contributed by atoms with Crippen LogP contribution >= 0.6 is 22.9 Å². The molecule has 6 heteroatoms. The SMILES string of the molecule is CNC(Cc1cn2ccsc2n1)c1cc(Cl)ccc1F. The zero-order valence-corrected chi connectivity index (χ0v) is 12.4. The topological polar surface area (TPSA) is 29.3 Å². The maximum Gasteiger partial charge on any atom is 0.193 e. The molecule has 0 bridgehead atoms. The molecule has 20 heavy (non-hydrogen) atoms. The molecule has 0 aliphatic heterocycles. The highest BCUT2D eigenvalue weighted by Crippen LogP contribution is 2.24. The Morgan fingerprint density at radius 2 is 2.35 bits per heavy atom. The Morgan fingerprint density at radius 1 is 1.50 bits per heavy atom. The summed E-state index contributed by atoms with van der Waals surface area (Å²) >= 11 is 7.54. The molecule has 3 nitrogen and oxygen atoms in total. The zero-order chi connectivity index (χ0) is 14.1. The normalized spacial score (nSPS) is 12.9. The van der Waals surface area contributed by atoms with Crippen LogP contribution in [0.4, 0.5) is 4.39 Å². The van der Waals surface area contributed by atoms with Gasteiger partial charge in [-0.15, -0.1) is 11.3 Å². The summed E-state index contributed by atoms with van der Waals surface area (Å²) in [6, 6.07) is 4.46. The van der Waals surface area contributed by atoms with Crippen LogP contribution in [-0.2, 0) is 6.42 Å². The molecule has 104 valence electrons. The van der Waals surface area contributed by atoms with Crippen LogP contribution in [0.5, 0.6) is 0 Å². The summed E-state index contributed by atoms with van der Waals surface area (Å²) in [5, 5.41) is 5.65. The number of rotatable bonds is 4. The number of imidazole rings is 1. The van der Waals surface area contributed by atoms with Crippen LogP contribution in [0.1, 0.15) is 17.3 Å². The third kappa shape index (κ3) is 2.57. The number of nitrogens with one attached hydrogen (secondary N) is 1. The van der Waals surface area contributed by atoms with E-state index in [4.69, 9.17) is 11.6 Å². The van der Waals surface area contributed by atoms with E-state index >= 15 is 0 Å². The first kappa shape index (κ1) is 13.5. The fourth-order valence-corrected chi connectivity index (χ4v) is 3.13. The Bertz CT molecular complexity index is 708. The van der Waals surface area contributed by atoms with Crippen LogP contribution in [0.15, 0.2) is 36.0 Å². The molecule has 0 aliphatic rings. The zero-order valence-electron chi connectivity index (χ0n) is 10.8. The van der Waals surface area contributed by atoms with E-state index in [-0.39, 0.29) is 11.9 Å². The molecule has 3 rings (SSSR count). The molecule has 0 fully saturated rings. The number of fused-ring (bicyclic) bond motifs is 1.